The quantitative estimate of drug-likeness (QED) is 0.770. The summed E-state index contributed by atoms with van der Waals surface area (Å²) in [5.41, 5.74) is 0.861. The van der Waals surface area contributed by atoms with Crippen LogP contribution in [-0.4, -0.2) is 18.4 Å². The van der Waals surface area contributed by atoms with Crippen molar-refractivity contribution < 1.29 is 9.59 Å². The molecule has 4 nitrogen and oxygen atoms in total. The lowest BCUT2D eigenvalue weighted by Crippen LogP contribution is -2.45. The van der Waals surface area contributed by atoms with Crippen LogP contribution in [0.15, 0.2) is 24.3 Å². The number of benzene rings is 1. The Hall–Kier alpha value is -1.84. The van der Waals surface area contributed by atoms with Crippen LogP contribution in [0.1, 0.15) is 60.5 Å². The van der Waals surface area contributed by atoms with Crippen molar-refractivity contribution in [3.8, 4) is 0 Å². The molecule has 0 aliphatic carbocycles. The SMILES string of the molecule is CC(C)CCNC(=O)C(C)(C)C(=O)Nc1ccc(C(C)(C)C)cc1. The Labute approximate surface area is 146 Å². The van der Waals surface area contributed by atoms with Crippen LogP contribution in [-0.2, 0) is 15.0 Å². The zero-order valence-electron chi connectivity index (χ0n) is 16.1. The van der Waals surface area contributed by atoms with Crippen LogP contribution in [0.3, 0.4) is 0 Å². The first-order valence-electron chi connectivity index (χ1n) is 8.65. The van der Waals surface area contributed by atoms with Crippen LogP contribution >= 0.6 is 0 Å². The average molecular weight is 332 g/mol. The lowest BCUT2D eigenvalue weighted by Gasteiger charge is -2.23. The fourth-order valence-electron chi connectivity index (χ4n) is 2.14. The molecule has 0 saturated carbocycles. The van der Waals surface area contributed by atoms with Gasteiger partial charge in [0.1, 0.15) is 5.41 Å². The molecule has 0 aliphatic rings. The van der Waals surface area contributed by atoms with Gasteiger partial charge in [-0.05, 0) is 49.3 Å². The molecule has 1 aromatic rings. The summed E-state index contributed by atoms with van der Waals surface area (Å²) < 4.78 is 0. The van der Waals surface area contributed by atoms with Crippen molar-refractivity contribution in [3.05, 3.63) is 29.8 Å². The molecule has 1 aromatic carbocycles. The van der Waals surface area contributed by atoms with Crippen molar-refractivity contribution in [3.63, 3.8) is 0 Å². The van der Waals surface area contributed by atoms with Crippen LogP contribution in [0.4, 0.5) is 5.69 Å². The second kappa shape index (κ2) is 7.82. The average Bonchev–Trinajstić information content (AvgIpc) is 2.46. The molecule has 0 atom stereocenters. The van der Waals surface area contributed by atoms with Gasteiger partial charge in [-0.1, -0.05) is 46.8 Å². The van der Waals surface area contributed by atoms with E-state index in [0.29, 0.717) is 18.2 Å². The summed E-state index contributed by atoms with van der Waals surface area (Å²) in [6.07, 6.45) is 0.901. The van der Waals surface area contributed by atoms with E-state index in [2.05, 4.69) is 45.3 Å². The molecule has 134 valence electrons. The third-order valence-corrected chi connectivity index (χ3v) is 4.15. The van der Waals surface area contributed by atoms with E-state index >= 15 is 0 Å². The van der Waals surface area contributed by atoms with E-state index in [1.165, 1.54) is 5.56 Å². The topological polar surface area (TPSA) is 58.2 Å². The Kier molecular flexibility index (Phi) is 6.58. The molecular weight excluding hydrogens is 300 g/mol. The summed E-state index contributed by atoms with van der Waals surface area (Å²) in [5.74, 6) is -0.0245. The summed E-state index contributed by atoms with van der Waals surface area (Å²) in [7, 11) is 0. The van der Waals surface area contributed by atoms with Crippen LogP contribution in [0.25, 0.3) is 0 Å². The molecule has 0 saturated heterocycles. The summed E-state index contributed by atoms with van der Waals surface area (Å²) in [4.78, 5) is 24.8. The summed E-state index contributed by atoms with van der Waals surface area (Å²) in [6.45, 7) is 14.5. The monoisotopic (exact) mass is 332 g/mol. The van der Waals surface area contributed by atoms with E-state index in [9.17, 15) is 9.59 Å². The van der Waals surface area contributed by atoms with Gasteiger partial charge in [0.15, 0.2) is 0 Å². The maximum Gasteiger partial charge on any atom is 0.239 e. The van der Waals surface area contributed by atoms with Gasteiger partial charge < -0.3 is 10.6 Å². The second-order valence-corrected chi connectivity index (χ2v) is 8.34. The van der Waals surface area contributed by atoms with Crippen LogP contribution in [0, 0.1) is 11.3 Å². The van der Waals surface area contributed by atoms with Gasteiger partial charge in [0.25, 0.3) is 0 Å². The number of hydrogen-bond donors (Lipinski definition) is 2. The lowest BCUT2D eigenvalue weighted by molar-refractivity contribution is -0.138. The summed E-state index contributed by atoms with van der Waals surface area (Å²) in [5, 5.41) is 5.69. The van der Waals surface area contributed by atoms with Crippen molar-refractivity contribution in [1.29, 1.82) is 0 Å². The predicted molar refractivity (Wildman–Crippen MR) is 100 cm³/mol. The van der Waals surface area contributed by atoms with E-state index in [0.717, 1.165) is 6.42 Å². The number of carbonyl (C=O) groups excluding carboxylic acids is 2. The number of nitrogens with one attached hydrogen (secondary N) is 2. The third kappa shape index (κ3) is 5.66. The third-order valence-electron chi connectivity index (χ3n) is 4.15. The number of hydrogen-bond acceptors (Lipinski definition) is 2. The zero-order chi connectivity index (χ0) is 18.5. The molecule has 4 heteroatoms. The Morgan fingerprint density at radius 2 is 1.50 bits per heavy atom. The number of anilines is 1. The summed E-state index contributed by atoms with van der Waals surface area (Å²) >= 11 is 0. The minimum atomic E-state index is -1.11. The highest BCUT2D eigenvalue weighted by atomic mass is 16.2. The predicted octanol–water partition coefficient (Wildman–Crippen LogP) is 4.11. The van der Waals surface area contributed by atoms with Gasteiger partial charge in [-0.25, -0.2) is 0 Å². The van der Waals surface area contributed by atoms with Gasteiger partial charge in [0.2, 0.25) is 11.8 Å². The maximum absolute atomic E-state index is 12.5. The zero-order valence-corrected chi connectivity index (χ0v) is 16.1. The molecule has 0 spiro atoms. The van der Waals surface area contributed by atoms with E-state index in [1.54, 1.807) is 13.8 Å². The number of amides is 2. The lowest BCUT2D eigenvalue weighted by atomic mass is 9.87. The normalized spacial score (nSPS) is 12.2. The molecule has 0 unspecified atom stereocenters. The van der Waals surface area contributed by atoms with E-state index in [-0.39, 0.29) is 17.2 Å². The van der Waals surface area contributed by atoms with Crippen molar-refractivity contribution in [2.75, 3.05) is 11.9 Å². The van der Waals surface area contributed by atoms with Crippen molar-refractivity contribution in [2.24, 2.45) is 11.3 Å². The molecule has 0 heterocycles. The Bertz CT molecular complexity index is 566. The van der Waals surface area contributed by atoms with Crippen LogP contribution in [0.2, 0.25) is 0 Å². The van der Waals surface area contributed by atoms with Crippen molar-refractivity contribution in [2.45, 2.75) is 60.3 Å². The van der Waals surface area contributed by atoms with Gasteiger partial charge in [-0.2, -0.15) is 0 Å². The van der Waals surface area contributed by atoms with Gasteiger partial charge in [0, 0.05) is 12.2 Å². The molecule has 2 N–H and O–H groups in total. The number of rotatable bonds is 6. The van der Waals surface area contributed by atoms with E-state index in [1.807, 2.05) is 24.3 Å². The highest BCUT2D eigenvalue weighted by Crippen LogP contribution is 2.24. The minimum absolute atomic E-state index is 0.0676. The number of carbonyl (C=O) groups is 2. The van der Waals surface area contributed by atoms with Crippen molar-refractivity contribution in [1.82, 2.24) is 5.32 Å². The standard InChI is InChI=1S/C20H32N2O2/c1-14(2)12-13-21-17(23)20(6,7)18(24)22-16-10-8-15(9-11-16)19(3,4)5/h8-11,14H,12-13H2,1-7H3,(H,21,23)(H,22,24). The van der Waals surface area contributed by atoms with Crippen molar-refractivity contribution >= 4 is 17.5 Å². The fourth-order valence-corrected chi connectivity index (χ4v) is 2.14. The molecule has 0 aliphatic heterocycles. The highest BCUT2D eigenvalue weighted by molar-refractivity contribution is 6.09. The minimum Gasteiger partial charge on any atom is -0.355 e. The van der Waals surface area contributed by atoms with Gasteiger partial charge in [-0.15, -0.1) is 0 Å². The molecule has 0 aromatic heterocycles. The highest BCUT2D eigenvalue weighted by Gasteiger charge is 2.35. The molecule has 1 rings (SSSR count). The molecule has 0 radical (unpaired) electrons. The molecule has 2 amide bonds. The summed E-state index contributed by atoms with van der Waals surface area (Å²) in [6, 6.07) is 7.77. The molecular formula is C20H32N2O2. The van der Waals surface area contributed by atoms with E-state index in [4.69, 9.17) is 0 Å². The first kappa shape index (κ1) is 20.2. The Morgan fingerprint density at radius 1 is 0.958 bits per heavy atom. The van der Waals surface area contributed by atoms with Gasteiger partial charge >= 0.3 is 0 Å². The Morgan fingerprint density at radius 3 is 1.96 bits per heavy atom. The Balaban J connectivity index is 2.69. The maximum atomic E-state index is 12.5. The molecule has 0 bridgehead atoms. The van der Waals surface area contributed by atoms with Gasteiger partial charge in [-0.3, -0.25) is 9.59 Å². The largest absolute Gasteiger partial charge is 0.355 e. The van der Waals surface area contributed by atoms with Crippen LogP contribution < -0.4 is 10.6 Å². The molecule has 24 heavy (non-hydrogen) atoms. The first-order valence-corrected chi connectivity index (χ1v) is 8.65. The van der Waals surface area contributed by atoms with Crippen LogP contribution in [0.5, 0.6) is 0 Å². The van der Waals surface area contributed by atoms with Gasteiger partial charge in [0.05, 0.1) is 0 Å². The van der Waals surface area contributed by atoms with E-state index < -0.39 is 5.41 Å². The fraction of sp³-hybridized carbons (Fsp3) is 0.600. The molecule has 0 fully saturated rings. The smallest absolute Gasteiger partial charge is 0.239 e. The first-order chi connectivity index (χ1) is 10.9. The second-order valence-electron chi connectivity index (χ2n) is 8.34.